The molecule has 0 spiro atoms. The van der Waals surface area contributed by atoms with Gasteiger partial charge in [0, 0.05) is 12.7 Å². The van der Waals surface area contributed by atoms with Crippen molar-refractivity contribution >= 4 is 5.65 Å². The first-order valence-corrected chi connectivity index (χ1v) is 3.81. The molecule has 2 heterocycles. The Balaban J connectivity index is 2.69. The van der Waals surface area contributed by atoms with Gasteiger partial charge in [-0.3, -0.25) is 4.40 Å². The van der Waals surface area contributed by atoms with E-state index < -0.39 is 0 Å². The Morgan fingerprint density at radius 2 is 2.33 bits per heavy atom. The van der Waals surface area contributed by atoms with E-state index in [2.05, 4.69) is 10.2 Å². The summed E-state index contributed by atoms with van der Waals surface area (Å²) in [6.45, 7) is 2.46. The molecule has 2 rings (SSSR count). The summed E-state index contributed by atoms with van der Waals surface area (Å²) >= 11 is 0. The highest BCUT2D eigenvalue weighted by molar-refractivity contribution is 5.40. The van der Waals surface area contributed by atoms with Crippen LogP contribution in [0.5, 0.6) is 0 Å². The monoisotopic (exact) mass is 162 g/mol. The smallest absolute Gasteiger partial charge is 0.161 e. The molecule has 0 saturated heterocycles. The van der Waals surface area contributed by atoms with E-state index in [-0.39, 0.29) is 0 Å². The van der Waals surface area contributed by atoms with Crippen LogP contribution in [0.1, 0.15) is 11.4 Å². The molecule has 2 aromatic heterocycles. The van der Waals surface area contributed by atoms with Crippen molar-refractivity contribution in [3.63, 3.8) is 0 Å². The molecular weight excluding hydrogens is 152 g/mol. The number of hydrogen-bond acceptors (Lipinski definition) is 3. The van der Waals surface area contributed by atoms with E-state index in [1.54, 1.807) is 0 Å². The van der Waals surface area contributed by atoms with Crippen LogP contribution < -0.4 is 5.73 Å². The highest BCUT2D eigenvalue weighted by Gasteiger charge is 1.99. The highest BCUT2D eigenvalue weighted by atomic mass is 15.2. The molecular formula is C8H10N4. The molecule has 0 aliphatic carbocycles. The highest BCUT2D eigenvalue weighted by Crippen LogP contribution is 2.05. The van der Waals surface area contributed by atoms with Crippen molar-refractivity contribution in [3.8, 4) is 0 Å². The molecule has 0 bridgehead atoms. The minimum Gasteiger partial charge on any atom is -0.326 e. The molecule has 2 N–H and O–H groups in total. The summed E-state index contributed by atoms with van der Waals surface area (Å²) in [5, 5.41) is 7.93. The number of aromatic nitrogens is 3. The first-order chi connectivity index (χ1) is 5.81. The van der Waals surface area contributed by atoms with Gasteiger partial charge in [0.15, 0.2) is 5.65 Å². The standard InChI is InChI=1S/C8H10N4/c1-6-10-11-8-4-7(5-9)2-3-12(6)8/h2-4H,5,9H2,1H3. The molecule has 0 aliphatic rings. The minimum atomic E-state index is 0.544. The molecule has 0 amide bonds. The van der Waals surface area contributed by atoms with Crippen molar-refractivity contribution in [1.29, 1.82) is 0 Å². The average molecular weight is 162 g/mol. The summed E-state index contributed by atoms with van der Waals surface area (Å²) in [6.07, 6.45) is 1.94. The average Bonchev–Trinajstić information content (AvgIpc) is 2.47. The fourth-order valence-electron chi connectivity index (χ4n) is 1.18. The predicted molar refractivity (Wildman–Crippen MR) is 45.6 cm³/mol. The topological polar surface area (TPSA) is 56.2 Å². The number of nitrogens with zero attached hydrogens (tertiary/aromatic N) is 3. The fraction of sp³-hybridized carbons (Fsp3) is 0.250. The van der Waals surface area contributed by atoms with Crippen molar-refractivity contribution in [3.05, 3.63) is 29.7 Å². The summed E-state index contributed by atoms with van der Waals surface area (Å²) in [5.74, 6) is 0.897. The Labute approximate surface area is 70.0 Å². The molecule has 0 aromatic carbocycles. The Bertz CT molecular complexity index is 404. The molecule has 0 radical (unpaired) electrons. The van der Waals surface area contributed by atoms with Gasteiger partial charge in [-0.15, -0.1) is 10.2 Å². The van der Waals surface area contributed by atoms with Crippen LogP contribution in [0.2, 0.25) is 0 Å². The maximum atomic E-state index is 5.49. The Morgan fingerprint density at radius 3 is 3.08 bits per heavy atom. The molecule has 0 fully saturated rings. The zero-order chi connectivity index (χ0) is 8.55. The number of nitrogens with two attached hydrogens (primary N) is 1. The predicted octanol–water partition coefficient (Wildman–Crippen LogP) is 0.496. The zero-order valence-corrected chi connectivity index (χ0v) is 6.86. The fourth-order valence-corrected chi connectivity index (χ4v) is 1.18. The molecule has 0 unspecified atom stereocenters. The van der Waals surface area contributed by atoms with E-state index in [0.717, 1.165) is 17.0 Å². The van der Waals surface area contributed by atoms with Gasteiger partial charge in [0.1, 0.15) is 5.82 Å². The SMILES string of the molecule is Cc1nnc2cc(CN)ccn12. The maximum absolute atomic E-state index is 5.49. The second kappa shape index (κ2) is 2.57. The lowest BCUT2D eigenvalue weighted by molar-refractivity contribution is 0.999. The van der Waals surface area contributed by atoms with Gasteiger partial charge >= 0.3 is 0 Å². The lowest BCUT2D eigenvalue weighted by Gasteiger charge is -1.97. The van der Waals surface area contributed by atoms with Crippen molar-refractivity contribution in [2.45, 2.75) is 13.5 Å². The zero-order valence-electron chi connectivity index (χ0n) is 6.86. The number of aryl methyl sites for hydroxylation is 1. The summed E-state index contributed by atoms with van der Waals surface area (Å²) in [4.78, 5) is 0. The van der Waals surface area contributed by atoms with Crippen LogP contribution in [0.25, 0.3) is 5.65 Å². The van der Waals surface area contributed by atoms with Gasteiger partial charge in [-0.25, -0.2) is 0 Å². The lowest BCUT2D eigenvalue weighted by Crippen LogP contribution is -1.97. The summed E-state index contributed by atoms with van der Waals surface area (Å²) < 4.78 is 1.93. The molecule has 0 atom stereocenters. The molecule has 4 nitrogen and oxygen atoms in total. The van der Waals surface area contributed by atoms with Crippen molar-refractivity contribution in [2.24, 2.45) is 5.73 Å². The number of rotatable bonds is 1. The van der Waals surface area contributed by atoms with E-state index in [1.807, 2.05) is 29.7 Å². The van der Waals surface area contributed by atoms with Crippen LogP contribution in [-0.4, -0.2) is 14.6 Å². The van der Waals surface area contributed by atoms with Gasteiger partial charge in [0.05, 0.1) is 0 Å². The van der Waals surface area contributed by atoms with Crippen molar-refractivity contribution in [2.75, 3.05) is 0 Å². The summed E-state index contributed by atoms with van der Waals surface area (Å²) in [5.41, 5.74) is 7.43. The van der Waals surface area contributed by atoms with Crippen LogP contribution in [0.3, 0.4) is 0 Å². The minimum absolute atomic E-state index is 0.544. The van der Waals surface area contributed by atoms with Crippen molar-refractivity contribution in [1.82, 2.24) is 14.6 Å². The molecule has 0 saturated carbocycles. The third kappa shape index (κ3) is 0.967. The Morgan fingerprint density at radius 1 is 1.50 bits per heavy atom. The maximum Gasteiger partial charge on any atom is 0.161 e. The first kappa shape index (κ1) is 7.24. The van der Waals surface area contributed by atoms with Crippen LogP contribution in [0, 0.1) is 6.92 Å². The third-order valence-corrected chi connectivity index (χ3v) is 1.88. The van der Waals surface area contributed by atoms with Gasteiger partial charge in [-0.2, -0.15) is 0 Å². The van der Waals surface area contributed by atoms with Crippen molar-refractivity contribution < 1.29 is 0 Å². The second-order valence-electron chi connectivity index (χ2n) is 2.71. The van der Waals surface area contributed by atoms with E-state index in [4.69, 9.17) is 5.73 Å². The first-order valence-electron chi connectivity index (χ1n) is 3.81. The van der Waals surface area contributed by atoms with Crippen LogP contribution in [0.4, 0.5) is 0 Å². The van der Waals surface area contributed by atoms with Gasteiger partial charge < -0.3 is 5.73 Å². The van der Waals surface area contributed by atoms with Gasteiger partial charge in [0.25, 0.3) is 0 Å². The lowest BCUT2D eigenvalue weighted by atomic mass is 10.3. The van der Waals surface area contributed by atoms with E-state index in [0.29, 0.717) is 6.54 Å². The number of pyridine rings is 1. The van der Waals surface area contributed by atoms with E-state index in [9.17, 15) is 0 Å². The van der Waals surface area contributed by atoms with Gasteiger partial charge in [0.2, 0.25) is 0 Å². The van der Waals surface area contributed by atoms with E-state index >= 15 is 0 Å². The van der Waals surface area contributed by atoms with Gasteiger partial charge in [-0.1, -0.05) is 0 Å². The Hall–Kier alpha value is -1.42. The summed E-state index contributed by atoms with van der Waals surface area (Å²) in [6, 6.07) is 3.92. The quantitative estimate of drug-likeness (QED) is 0.664. The van der Waals surface area contributed by atoms with Gasteiger partial charge in [-0.05, 0) is 24.6 Å². The molecule has 4 heteroatoms. The second-order valence-corrected chi connectivity index (χ2v) is 2.71. The van der Waals surface area contributed by atoms with Crippen LogP contribution in [0.15, 0.2) is 18.3 Å². The Kier molecular flexibility index (Phi) is 1.55. The van der Waals surface area contributed by atoms with Crippen LogP contribution >= 0.6 is 0 Å². The molecule has 0 aliphatic heterocycles. The van der Waals surface area contributed by atoms with Crippen LogP contribution in [-0.2, 0) is 6.54 Å². The normalized spacial score (nSPS) is 10.8. The number of fused-ring (bicyclic) bond motifs is 1. The number of hydrogen-bond donors (Lipinski definition) is 1. The molecule has 2 aromatic rings. The van der Waals surface area contributed by atoms with E-state index in [1.165, 1.54) is 0 Å². The summed E-state index contributed by atoms with van der Waals surface area (Å²) in [7, 11) is 0. The molecule has 12 heavy (non-hydrogen) atoms. The third-order valence-electron chi connectivity index (χ3n) is 1.88. The molecule has 62 valence electrons. The largest absolute Gasteiger partial charge is 0.326 e.